The van der Waals surface area contributed by atoms with Gasteiger partial charge in [-0.1, -0.05) is 0 Å². The maximum Gasteiger partial charge on any atom is 0.339 e. The number of aliphatic carboxylic acids is 1. The summed E-state index contributed by atoms with van der Waals surface area (Å²) in [4.78, 5) is 14.4. The minimum absolute atomic E-state index is 0.0526. The lowest BCUT2D eigenvalue weighted by molar-refractivity contribution is -0.130. The number of nitrogens with zero attached hydrogens (tertiary/aromatic N) is 1. The van der Waals surface area contributed by atoms with Crippen LogP contribution in [0.5, 0.6) is 5.75 Å². The van der Waals surface area contributed by atoms with E-state index in [1.54, 1.807) is 0 Å². The molecular weight excluding hydrogens is 252 g/mol. The molecule has 0 saturated carbocycles. The van der Waals surface area contributed by atoms with Gasteiger partial charge in [-0.2, -0.15) is 0 Å². The number of halogens is 1. The van der Waals surface area contributed by atoms with Crippen LogP contribution in [0, 0.1) is 0 Å². The zero-order chi connectivity index (χ0) is 10.7. The van der Waals surface area contributed by atoms with E-state index in [9.17, 15) is 9.90 Å². The van der Waals surface area contributed by atoms with Gasteiger partial charge in [0, 0.05) is 16.9 Å². The molecule has 0 aliphatic heterocycles. The highest BCUT2D eigenvalue weighted by Crippen LogP contribution is 2.25. The van der Waals surface area contributed by atoms with Gasteiger partial charge in [0.2, 0.25) is 0 Å². The van der Waals surface area contributed by atoms with E-state index in [0.717, 1.165) is 6.20 Å². The summed E-state index contributed by atoms with van der Waals surface area (Å²) in [5.74, 6) is -1.48. The molecule has 0 aromatic carbocycles. The van der Waals surface area contributed by atoms with Crippen LogP contribution in [-0.4, -0.2) is 21.2 Å². The summed E-state index contributed by atoms with van der Waals surface area (Å²) >= 11 is 3.08. The van der Waals surface area contributed by atoms with Crippen molar-refractivity contribution >= 4 is 27.5 Å². The first-order valence-corrected chi connectivity index (χ1v) is 4.35. The predicted molar refractivity (Wildman–Crippen MR) is 53.4 cm³/mol. The van der Waals surface area contributed by atoms with Crippen molar-refractivity contribution in [3.05, 3.63) is 28.6 Å². The van der Waals surface area contributed by atoms with Gasteiger partial charge in [-0.05, 0) is 22.0 Å². The molecule has 1 heterocycles. The molecule has 0 bridgehead atoms. The molecule has 0 spiro atoms. The van der Waals surface area contributed by atoms with Crippen molar-refractivity contribution < 1.29 is 15.0 Å². The Morgan fingerprint density at radius 1 is 1.64 bits per heavy atom. The normalized spacial score (nSPS) is 11.4. The zero-order valence-electron chi connectivity index (χ0n) is 6.94. The van der Waals surface area contributed by atoms with Crippen LogP contribution in [0.15, 0.2) is 22.9 Å². The molecular formula is C8H7BrN2O3. The Kier molecular flexibility index (Phi) is 3.08. The van der Waals surface area contributed by atoms with Crippen LogP contribution in [0.25, 0.3) is 5.57 Å². The lowest BCUT2D eigenvalue weighted by Crippen LogP contribution is -2.04. The van der Waals surface area contributed by atoms with E-state index in [1.807, 2.05) is 0 Å². The van der Waals surface area contributed by atoms with Crippen molar-refractivity contribution in [1.82, 2.24) is 4.98 Å². The summed E-state index contributed by atoms with van der Waals surface area (Å²) in [6.07, 6.45) is 2.26. The lowest BCUT2D eigenvalue weighted by Gasteiger charge is -2.03. The molecule has 0 unspecified atom stereocenters. The van der Waals surface area contributed by atoms with Gasteiger partial charge in [-0.25, -0.2) is 4.79 Å². The summed E-state index contributed by atoms with van der Waals surface area (Å²) in [6.45, 7) is 0. The number of pyridine rings is 1. The number of carbonyl (C=O) groups is 1. The molecule has 5 nitrogen and oxygen atoms in total. The van der Waals surface area contributed by atoms with E-state index in [-0.39, 0.29) is 17.0 Å². The highest BCUT2D eigenvalue weighted by Gasteiger charge is 2.15. The van der Waals surface area contributed by atoms with E-state index < -0.39 is 5.97 Å². The minimum Gasteiger partial charge on any atom is -0.506 e. The Morgan fingerprint density at radius 3 is 2.71 bits per heavy atom. The topological polar surface area (TPSA) is 96.4 Å². The largest absolute Gasteiger partial charge is 0.506 e. The van der Waals surface area contributed by atoms with Crippen molar-refractivity contribution in [2.75, 3.05) is 0 Å². The molecule has 0 radical (unpaired) electrons. The number of hydrogen-bond acceptors (Lipinski definition) is 4. The molecule has 0 atom stereocenters. The summed E-state index contributed by atoms with van der Waals surface area (Å²) in [7, 11) is 0. The van der Waals surface area contributed by atoms with Crippen molar-refractivity contribution in [1.29, 1.82) is 0 Å². The fraction of sp³-hybridized carbons (Fsp3) is 0. The first-order chi connectivity index (χ1) is 6.56. The molecule has 74 valence electrons. The summed E-state index contributed by atoms with van der Waals surface area (Å²) in [6, 6.07) is 1.34. The molecule has 0 aliphatic rings. The SMILES string of the molecule is NC=C(C(=O)O)c1ncc(Br)cc1O. The molecule has 1 aromatic heterocycles. The van der Waals surface area contributed by atoms with Crippen LogP contribution >= 0.6 is 15.9 Å². The van der Waals surface area contributed by atoms with E-state index in [1.165, 1.54) is 12.3 Å². The van der Waals surface area contributed by atoms with Gasteiger partial charge in [0.25, 0.3) is 0 Å². The average molecular weight is 259 g/mol. The molecule has 0 saturated heterocycles. The van der Waals surface area contributed by atoms with E-state index in [4.69, 9.17) is 10.8 Å². The first kappa shape index (κ1) is 10.5. The Balaban J connectivity index is 3.25. The van der Waals surface area contributed by atoms with Gasteiger partial charge in [0.1, 0.15) is 17.0 Å². The second-order valence-electron chi connectivity index (χ2n) is 2.41. The van der Waals surface area contributed by atoms with Crippen LogP contribution in [-0.2, 0) is 4.79 Å². The highest BCUT2D eigenvalue weighted by molar-refractivity contribution is 9.10. The Hall–Kier alpha value is -1.56. The Labute approximate surface area is 88.0 Å². The third kappa shape index (κ3) is 2.02. The van der Waals surface area contributed by atoms with E-state index in [2.05, 4.69) is 20.9 Å². The smallest absolute Gasteiger partial charge is 0.339 e. The lowest BCUT2D eigenvalue weighted by atomic mass is 10.2. The van der Waals surface area contributed by atoms with Crippen molar-refractivity contribution in [3.63, 3.8) is 0 Å². The number of hydrogen-bond donors (Lipinski definition) is 3. The minimum atomic E-state index is -1.24. The molecule has 1 aromatic rings. The van der Waals surface area contributed by atoms with Gasteiger partial charge >= 0.3 is 5.97 Å². The van der Waals surface area contributed by atoms with Crippen molar-refractivity contribution in [2.45, 2.75) is 0 Å². The number of aromatic nitrogens is 1. The standard InChI is InChI=1S/C8H7BrN2O3/c9-4-1-6(12)7(11-3-4)5(2-10)8(13)14/h1-3,12H,10H2,(H,13,14). The Bertz CT molecular complexity index is 404. The maximum absolute atomic E-state index is 10.7. The van der Waals surface area contributed by atoms with Crippen LogP contribution in [0.3, 0.4) is 0 Å². The van der Waals surface area contributed by atoms with Crippen LogP contribution in [0.2, 0.25) is 0 Å². The summed E-state index contributed by atoms with van der Waals surface area (Å²) in [5, 5.41) is 18.1. The third-order valence-electron chi connectivity index (χ3n) is 1.49. The van der Waals surface area contributed by atoms with Crippen LogP contribution in [0.4, 0.5) is 0 Å². The van der Waals surface area contributed by atoms with Crippen LogP contribution in [0.1, 0.15) is 5.69 Å². The number of rotatable bonds is 2. The number of nitrogens with two attached hydrogens (primary N) is 1. The second kappa shape index (κ2) is 4.10. The van der Waals surface area contributed by atoms with Crippen molar-refractivity contribution in [2.24, 2.45) is 5.73 Å². The summed E-state index contributed by atoms with van der Waals surface area (Å²) in [5.41, 5.74) is 4.81. The third-order valence-corrected chi connectivity index (χ3v) is 1.92. The van der Waals surface area contributed by atoms with E-state index >= 15 is 0 Å². The predicted octanol–water partition coefficient (Wildman–Crippen LogP) is 0.934. The number of aromatic hydroxyl groups is 1. The zero-order valence-corrected chi connectivity index (χ0v) is 8.52. The molecule has 0 amide bonds. The van der Waals surface area contributed by atoms with Gasteiger partial charge in [0.05, 0.1) is 0 Å². The fourth-order valence-corrected chi connectivity index (χ4v) is 1.21. The van der Waals surface area contributed by atoms with E-state index in [0.29, 0.717) is 4.47 Å². The molecule has 4 N–H and O–H groups in total. The Morgan fingerprint density at radius 2 is 2.29 bits per heavy atom. The monoisotopic (exact) mass is 258 g/mol. The molecule has 0 aliphatic carbocycles. The van der Waals surface area contributed by atoms with Gasteiger partial charge in [-0.3, -0.25) is 4.98 Å². The number of carboxylic acids is 1. The molecule has 6 heteroatoms. The first-order valence-electron chi connectivity index (χ1n) is 3.56. The summed E-state index contributed by atoms with van der Waals surface area (Å²) < 4.78 is 0.556. The van der Waals surface area contributed by atoms with Crippen LogP contribution < -0.4 is 5.73 Å². The molecule has 1 rings (SSSR count). The van der Waals surface area contributed by atoms with Gasteiger partial charge in [0.15, 0.2) is 0 Å². The average Bonchev–Trinajstić information content (AvgIpc) is 2.09. The number of carboxylic acid groups (broad SMARTS) is 1. The van der Waals surface area contributed by atoms with Crippen molar-refractivity contribution in [3.8, 4) is 5.75 Å². The van der Waals surface area contributed by atoms with Gasteiger partial charge < -0.3 is 15.9 Å². The second-order valence-corrected chi connectivity index (χ2v) is 3.32. The highest BCUT2D eigenvalue weighted by atomic mass is 79.9. The molecule has 14 heavy (non-hydrogen) atoms. The fourth-order valence-electron chi connectivity index (χ4n) is 0.888. The quantitative estimate of drug-likeness (QED) is 0.686. The maximum atomic E-state index is 10.7. The molecule has 0 fully saturated rings. The van der Waals surface area contributed by atoms with Gasteiger partial charge in [-0.15, -0.1) is 0 Å².